The Balaban J connectivity index is 1.55. The van der Waals surface area contributed by atoms with Crippen LogP contribution in [0.15, 0.2) is 12.5 Å². The average molecular weight is 332 g/mol. The summed E-state index contributed by atoms with van der Waals surface area (Å²) in [6, 6.07) is 0. The molecule has 1 fully saturated rings. The number of anilines is 1. The molecule has 2 aliphatic rings. The Morgan fingerprint density at radius 3 is 3.00 bits per heavy atom. The van der Waals surface area contributed by atoms with E-state index in [1.165, 1.54) is 17.6 Å². The number of aryl methyl sites for hydroxylation is 1. The van der Waals surface area contributed by atoms with E-state index in [2.05, 4.69) is 25.3 Å². The number of halogens is 1. The Morgan fingerprint density at radius 2 is 2.21 bits per heavy atom. The molecule has 0 amide bonds. The van der Waals surface area contributed by atoms with Gasteiger partial charge in [-0.1, -0.05) is 0 Å². The maximum absolute atomic E-state index is 14.0. The Morgan fingerprint density at radius 1 is 1.33 bits per heavy atom. The molecule has 0 bridgehead atoms. The largest absolute Gasteiger partial charge is 0.471 e. The zero-order valence-electron chi connectivity index (χ0n) is 13.9. The van der Waals surface area contributed by atoms with Crippen LogP contribution in [0.1, 0.15) is 23.2 Å². The first kappa shape index (κ1) is 15.3. The summed E-state index contributed by atoms with van der Waals surface area (Å²) in [7, 11) is 1.95. The molecule has 2 aromatic rings. The van der Waals surface area contributed by atoms with Crippen molar-refractivity contribution >= 4 is 5.82 Å². The SMILES string of the molecule is Cc1c(O[C@@H]2CCNCC2F)ncnc1N1Cc2cnn(C)c2C1. The van der Waals surface area contributed by atoms with E-state index in [1.807, 2.05) is 24.9 Å². The highest BCUT2D eigenvalue weighted by atomic mass is 19.1. The summed E-state index contributed by atoms with van der Waals surface area (Å²) < 4.78 is 21.8. The zero-order chi connectivity index (χ0) is 16.7. The van der Waals surface area contributed by atoms with Crippen molar-refractivity contribution in [1.29, 1.82) is 0 Å². The molecule has 128 valence electrons. The van der Waals surface area contributed by atoms with Gasteiger partial charge in [-0.15, -0.1) is 0 Å². The van der Waals surface area contributed by atoms with Crippen molar-refractivity contribution in [2.24, 2.45) is 7.05 Å². The van der Waals surface area contributed by atoms with Gasteiger partial charge in [0, 0.05) is 25.7 Å². The number of fused-ring (bicyclic) bond motifs is 1. The lowest BCUT2D eigenvalue weighted by atomic mass is 10.1. The Hall–Kier alpha value is -2.22. The van der Waals surface area contributed by atoms with Gasteiger partial charge in [-0.05, 0) is 19.9 Å². The molecule has 0 aliphatic carbocycles. The quantitative estimate of drug-likeness (QED) is 0.908. The number of rotatable bonds is 3. The lowest BCUT2D eigenvalue weighted by molar-refractivity contribution is 0.0686. The van der Waals surface area contributed by atoms with Crippen molar-refractivity contribution < 1.29 is 9.13 Å². The van der Waals surface area contributed by atoms with Crippen LogP contribution in [0.5, 0.6) is 5.88 Å². The maximum Gasteiger partial charge on any atom is 0.221 e. The van der Waals surface area contributed by atoms with Crippen molar-refractivity contribution in [2.45, 2.75) is 38.7 Å². The first-order valence-corrected chi connectivity index (χ1v) is 8.21. The highest BCUT2D eigenvalue weighted by Crippen LogP contribution is 2.32. The number of alkyl halides is 1. The van der Waals surface area contributed by atoms with E-state index in [1.54, 1.807) is 0 Å². The Labute approximate surface area is 139 Å². The van der Waals surface area contributed by atoms with E-state index >= 15 is 0 Å². The Kier molecular flexibility index (Phi) is 3.84. The van der Waals surface area contributed by atoms with Gasteiger partial charge in [0.25, 0.3) is 0 Å². The molecule has 4 rings (SSSR count). The number of piperidine rings is 1. The molecule has 1 unspecified atom stereocenters. The van der Waals surface area contributed by atoms with Crippen LogP contribution in [0.3, 0.4) is 0 Å². The third-order valence-corrected chi connectivity index (χ3v) is 4.77. The average Bonchev–Trinajstić information content (AvgIpc) is 3.14. The fraction of sp³-hybridized carbons (Fsp3) is 0.562. The molecule has 24 heavy (non-hydrogen) atoms. The minimum Gasteiger partial charge on any atom is -0.471 e. The minimum atomic E-state index is -1.02. The second kappa shape index (κ2) is 6.01. The van der Waals surface area contributed by atoms with Crippen molar-refractivity contribution in [3.63, 3.8) is 0 Å². The predicted octanol–water partition coefficient (Wildman–Crippen LogP) is 1.12. The van der Waals surface area contributed by atoms with Gasteiger partial charge in [-0.25, -0.2) is 14.4 Å². The normalized spacial score (nSPS) is 23.4. The summed E-state index contributed by atoms with van der Waals surface area (Å²) in [4.78, 5) is 10.8. The van der Waals surface area contributed by atoms with Crippen LogP contribution >= 0.6 is 0 Å². The van der Waals surface area contributed by atoms with Crippen LogP contribution in [0.2, 0.25) is 0 Å². The molecule has 4 heterocycles. The third-order valence-electron chi connectivity index (χ3n) is 4.77. The molecular formula is C16H21FN6O. The summed E-state index contributed by atoms with van der Waals surface area (Å²) in [5, 5.41) is 7.31. The van der Waals surface area contributed by atoms with Crippen LogP contribution in [-0.4, -0.2) is 45.1 Å². The number of nitrogens with one attached hydrogen (secondary N) is 1. The molecule has 1 N–H and O–H groups in total. The van der Waals surface area contributed by atoms with Gasteiger partial charge in [-0.3, -0.25) is 4.68 Å². The second-order valence-electron chi connectivity index (χ2n) is 6.39. The molecule has 2 atom stereocenters. The van der Waals surface area contributed by atoms with E-state index in [0.717, 1.165) is 31.0 Å². The molecule has 2 aromatic heterocycles. The second-order valence-corrected chi connectivity index (χ2v) is 6.39. The smallest absolute Gasteiger partial charge is 0.221 e. The zero-order valence-corrected chi connectivity index (χ0v) is 13.9. The van der Waals surface area contributed by atoms with Crippen molar-refractivity contribution in [1.82, 2.24) is 25.1 Å². The van der Waals surface area contributed by atoms with Crippen molar-refractivity contribution in [3.8, 4) is 5.88 Å². The summed E-state index contributed by atoms with van der Waals surface area (Å²) in [6.07, 6.45) is 2.56. The molecule has 8 heteroatoms. The number of ether oxygens (including phenoxy) is 1. The van der Waals surface area contributed by atoms with Gasteiger partial charge in [0.15, 0.2) is 0 Å². The highest BCUT2D eigenvalue weighted by molar-refractivity contribution is 5.53. The van der Waals surface area contributed by atoms with Gasteiger partial charge >= 0.3 is 0 Å². The fourth-order valence-corrected chi connectivity index (χ4v) is 3.37. The van der Waals surface area contributed by atoms with Crippen LogP contribution in [0.4, 0.5) is 10.2 Å². The van der Waals surface area contributed by atoms with Crippen LogP contribution < -0.4 is 15.0 Å². The fourth-order valence-electron chi connectivity index (χ4n) is 3.37. The highest BCUT2D eigenvalue weighted by Gasteiger charge is 2.29. The van der Waals surface area contributed by atoms with E-state index in [-0.39, 0.29) is 0 Å². The van der Waals surface area contributed by atoms with Gasteiger partial charge in [0.1, 0.15) is 24.4 Å². The monoisotopic (exact) mass is 332 g/mol. The molecule has 2 aliphatic heterocycles. The summed E-state index contributed by atoms with van der Waals surface area (Å²) in [5.41, 5.74) is 3.25. The topological polar surface area (TPSA) is 68.1 Å². The Bertz CT molecular complexity index is 748. The standard InChI is InChI=1S/C16H21FN6O/c1-10-15(23-7-11-5-21-22(2)13(11)8-23)19-9-20-16(10)24-14-3-4-18-6-12(14)17/h5,9,12,14,18H,3-4,6-8H2,1-2H3/t12?,14-/m1/s1. The van der Waals surface area contributed by atoms with Crippen molar-refractivity contribution in [2.75, 3.05) is 18.0 Å². The van der Waals surface area contributed by atoms with Gasteiger partial charge < -0.3 is 15.0 Å². The molecule has 0 saturated carbocycles. The number of hydrogen-bond donors (Lipinski definition) is 1. The number of nitrogens with zero attached hydrogens (tertiary/aromatic N) is 5. The van der Waals surface area contributed by atoms with E-state index in [9.17, 15) is 4.39 Å². The summed E-state index contributed by atoms with van der Waals surface area (Å²) in [6.45, 7) is 4.54. The van der Waals surface area contributed by atoms with E-state index in [4.69, 9.17) is 4.74 Å². The summed E-state index contributed by atoms with van der Waals surface area (Å²) >= 11 is 0. The third kappa shape index (κ3) is 2.60. The molecule has 1 saturated heterocycles. The molecule has 0 aromatic carbocycles. The minimum absolute atomic E-state index is 0.329. The van der Waals surface area contributed by atoms with E-state index < -0.39 is 12.3 Å². The summed E-state index contributed by atoms with van der Waals surface area (Å²) in [5.74, 6) is 1.31. The number of hydrogen-bond acceptors (Lipinski definition) is 6. The van der Waals surface area contributed by atoms with Crippen molar-refractivity contribution in [3.05, 3.63) is 29.3 Å². The molecule has 7 nitrogen and oxygen atoms in total. The lowest BCUT2D eigenvalue weighted by Gasteiger charge is -2.28. The van der Waals surface area contributed by atoms with E-state index in [0.29, 0.717) is 18.8 Å². The van der Waals surface area contributed by atoms with Gasteiger partial charge in [0.2, 0.25) is 5.88 Å². The first-order valence-electron chi connectivity index (χ1n) is 8.21. The maximum atomic E-state index is 14.0. The number of aromatic nitrogens is 4. The molecule has 0 radical (unpaired) electrons. The van der Waals surface area contributed by atoms with Gasteiger partial charge in [-0.2, -0.15) is 5.10 Å². The molecule has 0 spiro atoms. The molecular weight excluding hydrogens is 311 g/mol. The van der Waals surface area contributed by atoms with Crippen LogP contribution in [0, 0.1) is 6.92 Å². The van der Waals surface area contributed by atoms with Crippen LogP contribution in [-0.2, 0) is 20.1 Å². The van der Waals surface area contributed by atoms with Gasteiger partial charge in [0.05, 0.1) is 24.0 Å². The predicted molar refractivity (Wildman–Crippen MR) is 86.7 cm³/mol. The van der Waals surface area contributed by atoms with Crippen LogP contribution in [0.25, 0.3) is 0 Å². The lowest BCUT2D eigenvalue weighted by Crippen LogP contribution is -2.44. The first-order chi connectivity index (χ1) is 11.6.